The lowest BCUT2D eigenvalue weighted by molar-refractivity contribution is 0.419. The maximum Gasteiger partial charge on any atom is 0.134 e. The van der Waals surface area contributed by atoms with Crippen molar-refractivity contribution >= 4 is 0 Å². The van der Waals surface area contributed by atoms with Gasteiger partial charge >= 0.3 is 0 Å². The third-order valence-corrected chi connectivity index (χ3v) is 4.09. The van der Waals surface area contributed by atoms with Gasteiger partial charge < -0.3 is 9.73 Å². The lowest BCUT2D eigenvalue weighted by atomic mass is 9.79. The molecule has 20 heavy (non-hydrogen) atoms. The second-order valence-electron chi connectivity index (χ2n) is 6.05. The standard InChI is InChI=1S/C18H23NO/c1-13(2)19-12-17-9-10-18(20-17)16-8-4-7-15(11-16)14-5-3-6-14/h4,7-11,13-14,19H,3,5-6,12H2,1-2H3. The number of furan rings is 1. The van der Waals surface area contributed by atoms with Gasteiger partial charge in [-0.25, -0.2) is 0 Å². The summed E-state index contributed by atoms with van der Waals surface area (Å²) in [5, 5.41) is 3.38. The fourth-order valence-corrected chi connectivity index (χ4v) is 2.62. The summed E-state index contributed by atoms with van der Waals surface area (Å²) in [4.78, 5) is 0. The van der Waals surface area contributed by atoms with E-state index in [1.54, 1.807) is 0 Å². The van der Waals surface area contributed by atoms with Crippen molar-refractivity contribution in [3.63, 3.8) is 0 Å². The van der Waals surface area contributed by atoms with Crippen LogP contribution in [0.4, 0.5) is 0 Å². The van der Waals surface area contributed by atoms with E-state index in [0.717, 1.165) is 24.0 Å². The molecule has 1 fully saturated rings. The van der Waals surface area contributed by atoms with Crippen molar-refractivity contribution in [2.75, 3.05) is 0 Å². The summed E-state index contributed by atoms with van der Waals surface area (Å²) >= 11 is 0. The molecule has 2 nitrogen and oxygen atoms in total. The topological polar surface area (TPSA) is 25.2 Å². The zero-order chi connectivity index (χ0) is 13.9. The molecular formula is C18H23NO. The number of rotatable bonds is 5. The van der Waals surface area contributed by atoms with Gasteiger partial charge in [-0.15, -0.1) is 0 Å². The van der Waals surface area contributed by atoms with E-state index in [1.807, 2.05) is 0 Å². The van der Waals surface area contributed by atoms with Crippen LogP contribution in [-0.2, 0) is 6.54 Å². The van der Waals surface area contributed by atoms with Gasteiger partial charge in [0.25, 0.3) is 0 Å². The van der Waals surface area contributed by atoms with Crippen LogP contribution in [0.5, 0.6) is 0 Å². The van der Waals surface area contributed by atoms with Gasteiger partial charge in [0, 0.05) is 11.6 Å². The van der Waals surface area contributed by atoms with E-state index in [4.69, 9.17) is 4.42 Å². The Morgan fingerprint density at radius 3 is 2.75 bits per heavy atom. The fourth-order valence-electron chi connectivity index (χ4n) is 2.62. The maximum atomic E-state index is 5.94. The van der Waals surface area contributed by atoms with E-state index < -0.39 is 0 Å². The van der Waals surface area contributed by atoms with Crippen LogP contribution in [0.25, 0.3) is 11.3 Å². The largest absolute Gasteiger partial charge is 0.460 e. The highest BCUT2D eigenvalue weighted by atomic mass is 16.3. The number of hydrogen-bond donors (Lipinski definition) is 1. The van der Waals surface area contributed by atoms with Gasteiger partial charge in [0.1, 0.15) is 11.5 Å². The Morgan fingerprint density at radius 1 is 1.20 bits per heavy atom. The molecule has 3 rings (SSSR count). The summed E-state index contributed by atoms with van der Waals surface area (Å²) in [5.74, 6) is 2.75. The highest BCUT2D eigenvalue weighted by Crippen LogP contribution is 2.37. The van der Waals surface area contributed by atoms with Gasteiger partial charge in [-0.05, 0) is 42.5 Å². The molecule has 1 aromatic heterocycles. The first-order chi connectivity index (χ1) is 9.72. The van der Waals surface area contributed by atoms with E-state index in [9.17, 15) is 0 Å². The summed E-state index contributed by atoms with van der Waals surface area (Å²) in [6, 6.07) is 13.5. The Labute approximate surface area is 121 Å². The average molecular weight is 269 g/mol. The van der Waals surface area contributed by atoms with Crippen LogP contribution in [0.2, 0.25) is 0 Å². The molecule has 1 saturated carbocycles. The van der Waals surface area contributed by atoms with E-state index in [2.05, 4.69) is 55.6 Å². The van der Waals surface area contributed by atoms with Crippen LogP contribution < -0.4 is 5.32 Å². The molecule has 0 spiro atoms. The Bertz CT molecular complexity index is 566. The van der Waals surface area contributed by atoms with Crippen molar-refractivity contribution in [1.29, 1.82) is 0 Å². The molecule has 1 heterocycles. The zero-order valence-electron chi connectivity index (χ0n) is 12.4. The molecule has 0 bridgehead atoms. The first-order valence-corrected chi connectivity index (χ1v) is 7.65. The predicted octanol–water partition coefficient (Wildman–Crippen LogP) is 4.71. The van der Waals surface area contributed by atoms with E-state index in [0.29, 0.717) is 6.04 Å². The molecule has 106 valence electrons. The van der Waals surface area contributed by atoms with Gasteiger partial charge in [-0.1, -0.05) is 38.5 Å². The van der Waals surface area contributed by atoms with Crippen LogP contribution in [0.1, 0.15) is 50.4 Å². The molecule has 1 aromatic carbocycles. The third kappa shape index (κ3) is 2.96. The molecule has 1 aliphatic rings. The quantitative estimate of drug-likeness (QED) is 0.850. The van der Waals surface area contributed by atoms with Crippen molar-refractivity contribution in [2.45, 2.75) is 51.6 Å². The van der Waals surface area contributed by atoms with E-state index in [1.165, 1.54) is 30.4 Å². The van der Waals surface area contributed by atoms with Crippen molar-refractivity contribution in [2.24, 2.45) is 0 Å². The highest BCUT2D eigenvalue weighted by molar-refractivity contribution is 5.59. The van der Waals surface area contributed by atoms with Gasteiger partial charge in [0.05, 0.1) is 6.54 Å². The minimum absolute atomic E-state index is 0.477. The predicted molar refractivity (Wildman–Crippen MR) is 82.7 cm³/mol. The summed E-state index contributed by atoms with van der Waals surface area (Å²) < 4.78 is 5.94. The number of benzene rings is 1. The summed E-state index contributed by atoms with van der Waals surface area (Å²) in [6.07, 6.45) is 4.05. The van der Waals surface area contributed by atoms with Crippen LogP contribution >= 0.6 is 0 Å². The van der Waals surface area contributed by atoms with Crippen molar-refractivity contribution < 1.29 is 4.42 Å². The lowest BCUT2D eigenvalue weighted by Crippen LogP contribution is -2.21. The highest BCUT2D eigenvalue weighted by Gasteiger charge is 2.19. The van der Waals surface area contributed by atoms with Crippen LogP contribution in [0.15, 0.2) is 40.8 Å². The molecule has 0 radical (unpaired) electrons. The minimum Gasteiger partial charge on any atom is -0.460 e. The molecule has 0 unspecified atom stereocenters. The Morgan fingerprint density at radius 2 is 2.05 bits per heavy atom. The second-order valence-corrected chi connectivity index (χ2v) is 6.05. The third-order valence-electron chi connectivity index (χ3n) is 4.09. The zero-order valence-corrected chi connectivity index (χ0v) is 12.4. The van der Waals surface area contributed by atoms with Crippen LogP contribution in [0, 0.1) is 0 Å². The normalized spacial score (nSPS) is 15.6. The van der Waals surface area contributed by atoms with Gasteiger partial charge in [0.2, 0.25) is 0 Å². The average Bonchev–Trinajstić information content (AvgIpc) is 2.83. The monoisotopic (exact) mass is 269 g/mol. The van der Waals surface area contributed by atoms with E-state index >= 15 is 0 Å². The molecule has 0 atom stereocenters. The molecule has 1 aliphatic carbocycles. The Balaban J connectivity index is 1.75. The molecule has 0 saturated heterocycles. The molecule has 2 aromatic rings. The van der Waals surface area contributed by atoms with Crippen LogP contribution in [-0.4, -0.2) is 6.04 Å². The molecular weight excluding hydrogens is 246 g/mol. The van der Waals surface area contributed by atoms with Gasteiger partial charge in [0.15, 0.2) is 0 Å². The first kappa shape index (κ1) is 13.4. The van der Waals surface area contributed by atoms with Gasteiger partial charge in [-0.2, -0.15) is 0 Å². The smallest absolute Gasteiger partial charge is 0.134 e. The van der Waals surface area contributed by atoms with Gasteiger partial charge in [-0.3, -0.25) is 0 Å². The second kappa shape index (κ2) is 5.84. The Hall–Kier alpha value is -1.54. The Kier molecular flexibility index (Phi) is 3.93. The fraction of sp³-hybridized carbons (Fsp3) is 0.444. The summed E-state index contributed by atoms with van der Waals surface area (Å²) in [7, 11) is 0. The van der Waals surface area contributed by atoms with Crippen molar-refractivity contribution in [3.8, 4) is 11.3 Å². The molecule has 2 heteroatoms. The van der Waals surface area contributed by atoms with E-state index in [-0.39, 0.29) is 0 Å². The number of hydrogen-bond acceptors (Lipinski definition) is 2. The summed E-state index contributed by atoms with van der Waals surface area (Å²) in [5.41, 5.74) is 2.66. The van der Waals surface area contributed by atoms with Crippen molar-refractivity contribution in [1.82, 2.24) is 5.32 Å². The number of nitrogens with one attached hydrogen (secondary N) is 1. The summed E-state index contributed by atoms with van der Waals surface area (Å²) in [6.45, 7) is 5.08. The molecule has 0 aliphatic heterocycles. The first-order valence-electron chi connectivity index (χ1n) is 7.65. The van der Waals surface area contributed by atoms with Crippen molar-refractivity contribution in [3.05, 3.63) is 47.7 Å². The lowest BCUT2D eigenvalue weighted by Gasteiger charge is -2.26. The van der Waals surface area contributed by atoms with Crippen LogP contribution in [0.3, 0.4) is 0 Å². The molecule has 0 amide bonds. The maximum absolute atomic E-state index is 5.94. The minimum atomic E-state index is 0.477. The molecule has 1 N–H and O–H groups in total. The SMILES string of the molecule is CC(C)NCc1ccc(-c2cccc(C3CCC3)c2)o1.